The lowest BCUT2D eigenvalue weighted by Gasteiger charge is -2.18. The first-order valence-corrected chi connectivity index (χ1v) is 6.98. The Morgan fingerprint density at radius 1 is 1.10 bits per heavy atom. The molecule has 0 aromatic heterocycles. The molecule has 4 heteroatoms. The Labute approximate surface area is 125 Å². The van der Waals surface area contributed by atoms with Crippen molar-refractivity contribution in [2.75, 3.05) is 7.05 Å². The smallest absolute Gasteiger partial charge is 0.269 e. The normalized spacial score (nSPS) is 12.1. The van der Waals surface area contributed by atoms with E-state index in [9.17, 15) is 10.1 Å². The van der Waals surface area contributed by atoms with Crippen LogP contribution >= 0.6 is 0 Å². The minimum Gasteiger partial charge on any atom is -0.313 e. The van der Waals surface area contributed by atoms with Crippen molar-refractivity contribution >= 4 is 5.69 Å². The maximum Gasteiger partial charge on any atom is 0.269 e. The van der Waals surface area contributed by atoms with Crippen molar-refractivity contribution in [1.82, 2.24) is 5.32 Å². The summed E-state index contributed by atoms with van der Waals surface area (Å²) in [5.41, 5.74) is 4.95. The molecular weight excluding hydrogens is 264 g/mol. The summed E-state index contributed by atoms with van der Waals surface area (Å²) in [5.74, 6) is 0. The average molecular weight is 284 g/mol. The van der Waals surface area contributed by atoms with Gasteiger partial charge in [0.15, 0.2) is 0 Å². The van der Waals surface area contributed by atoms with E-state index >= 15 is 0 Å². The average Bonchev–Trinajstić information content (AvgIpc) is 2.44. The molecule has 0 bridgehead atoms. The maximum absolute atomic E-state index is 10.7. The third-order valence-electron chi connectivity index (χ3n) is 3.58. The molecule has 110 valence electrons. The van der Waals surface area contributed by atoms with Gasteiger partial charge in [0, 0.05) is 18.2 Å². The van der Waals surface area contributed by atoms with Crippen molar-refractivity contribution < 1.29 is 4.92 Å². The molecule has 0 saturated heterocycles. The van der Waals surface area contributed by atoms with Gasteiger partial charge >= 0.3 is 0 Å². The van der Waals surface area contributed by atoms with Crippen LogP contribution in [-0.4, -0.2) is 12.0 Å². The molecule has 0 heterocycles. The molecule has 2 rings (SSSR count). The zero-order valence-electron chi connectivity index (χ0n) is 12.6. The van der Waals surface area contributed by atoms with Crippen LogP contribution in [0, 0.1) is 24.0 Å². The summed E-state index contributed by atoms with van der Waals surface area (Å²) in [6.07, 6.45) is 0.803. The van der Waals surface area contributed by atoms with Crippen LogP contribution in [0.5, 0.6) is 0 Å². The van der Waals surface area contributed by atoms with Gasteiger partial charge in [0.05, 0.1) is 4.92 Å². The molecule has 1 N–H and O–H groups in total. The number of hydrogen-bond acceptors (Lipinski definition) is 3. The molecule has 2 aromatic carbocycles. The van der Waals surface area contributed by atoms with Gasteiger partial charge in [0.25, 0.3) is 5.69 Å². The van der Waals surface area contributed by atoms with Crippen LogP contribution in [0.25, 0.3) is 0 Å². The number of nitrogens with zero attached hydrogens (tertiary/aromatic N) is 1. The van der Waals surface area contributed by atoms with E-state index in [1.807, 2.05) is 19.2 Å². The van der Waals surface area contributed by atoms with Crippen molar-refractivity contribution in [3.63, 3.8) is 0 Å². The number of nitro benzene ring substituents is 1. The Morgan fingerprint density at radius 3 is 2.14 bits per heavy atom. The third kappa shape index (κ3) is 3.89. The summed E-state index contributed by atoms with van der Waals surface area (Å²) in [5, 5.41) is 14.0. The van der Waals surface area contributed by atoms with Crippen molar-refractivity contribution in [3.8, 4) is 0 Å². The van der Waals surface area contributed by atoms with Crippen molar-refractivity contribution in [2.24, 2.45) is 0 Å². The van der Waals surface area contributed by atoms with Gasteiger partial charge in [-0.05, 0) is 38.4 Å². The molecule has 0 aliphatic heterocycles. The number of non-ortho nitro benzene ring substituents is 1. The third-order valence-corrected chi connectivity index (χ3v) is 3.58. The lowest BCUT2D eigenvalue weighted by atomic mass is 9.96. The molecule has 0 amide bonds. The van der Waals surface area contributed by atoms with E-state index in [-0.39, 0.29) is 16.7 Å². The number of hydrogen-bond donors (Lipinski definition) is 1. The van der Waals surface area contributed by atoms with E-state index in [1.165, 1.54) is 16.7 Å². The minimum atomic E-state index is -0.372. The highest BCUT2D eigenvalue weighted by Crippen LogP contribution is 2.22. The molecule has 1 atom stereocenters. The molecule has 0 radical (unpaired) electrons. The van der Waals surface area contributed by atoms with Gasteiger partial charge in [-0.15, -0.1) is 0 Å². The van der Waals surface area contributed by atoms with Crippen LogP contribution in [0.3, 0.4) is 0 Å². The number of likely N-dealkylation sites (N-methyl/N-ethyl adjacent to an activating group) is 1. The molecule has 21 heavy (non-hydrogen) atoms. The summed E-state index contributed by atoms with van der Waals surface area (Å²) in [6, 6.07) is 13.5. The van der Waals surface area contributed by atoms with Crippen LogP contribution in [-0.2, 0) is 6.42 Å². The fourth-order valence-corrected chi connectivity index (χ4v) is 2.59. The first kappa shape index (κ1) is 15.2. The number of nitrogens with one attached hydrogen (secondary N) is 1. The topological polar surface area (TPSA) is 55.2 Å². The first-order valence-electron chi connectivity index (χ1n) is 6.98. The molecular formula is C17H20N2O2. The second-order valence-corrected chi connectivity index (χ2v) is 5.39. The monoisotopic (exact) mass is 284 g/mol. The summed E-state index contributed by atoms with van der Waals surface area (Å²) in [6.45, 7) is 4.18. The van der Waals surface area contributed by atoms with Crippen molar-refractivity contribution in [1.29, 1.82) is 0 Å². The van der Waals surface area contributed by atoms with E-state index < -0.39 is 0 Å². The van der Waals surface area contributed by atoms with E-state index in [0.717, 1.165) is 12.0 Å². The van der Waals surface area contributed by atoms with Gasteiger partial charge in [-0.25, -0.2) is 0 Å². The van der Waals surface area contributed by atoms with Gasteiger partial charge in [-0.1, -0.05) is 41.5 Å². The largest absolute Gasteiger partial charge is 0.313 e. The lowest BCUT2D eigenvalue weighted by molar-refractivity contribution is -0.384. The molecule has 0 fully saturated rings. The van der Waals surface area contributed by atoms with Crippen LogP contribution in [0.4, 0.5) is 5.69 Å². The van der Waals surface area contributed by atoms with Crippen molar-refractivity contribution in [2.45, 2.75) is 26.3 Å². The van der Waals surface area contributed by atoms with Gasteiger partial charge < -0.3 is 5.32 Å². The van der Waals surface area contributed by atoms with Crippen LogP contribution < -0.4 is 5.32 Å². The Hall–Kier alpha value is -2.20. The van der Waals surface area contributed by atoms with Crippen LogP contribution in [0.2, 0.25) is 0 Å². The maximum atomic E-state index is 10.7. The molecule has 1 unspecified atom stereocenters. The predicted molar refractivity (Wildman–Crippen MR) is 84.5 cm³/mol. The van der Waals surface area contributed by atoms with Gasteiger partial charge in [-0.2, -0.15) is 0 Å². The van der Waals surface area contributed by atoms with Gasteiger partial charge in [0.2, 0.25) is 0 Å². The number of aryl methyl sites for hydroxylation is 2. The molecule has 4 nitrogen and oxygen atoms in total. The highest BCUT2D eigenvalue weighted by atomic mass is 16.6. The lowest BCUT2D eigenvalue weighted by Crippen LogP contribution is -2.19. The Kier molecular flexibility index (Phi) is 4.70. The Bertz CT molecular complexity index is 615. The Balaban J connectivity index is 2.20. The van der Waals surface area contributed by atoms with E-state index in [0.29, 0.717) is 0 Å². The van der Waals surface area contributed by atoms with E-state index in [1.54, 1.807) is 12.1 Å². The first-order chi connectivity index (χ1) is 9.99. The SMILES string of the molecule is CNC(Cc1ccc([N+](=O)[O-])cc1)c1cc(C)cc(C)c1. The Morgan fingerprint density at radius 2 is 1.67 bits per heavy atom. The molecule has 0 aliphatic carbocycles. The molecule has 0 saturated carbocycles. The summed E-state index contributed by atoms with van der Waals surface area (Å²) in [7, 11) is 1.94. The molecule has 2 aromatic rings. The van der Waals surface area contributed by atoms with Crippen molar-refractivity contribution in [3.05, 3.63) is 74.8 Å². The van der Waals surface area contributed by atoms with E-state index in [4.69, 9.17) is 0 Å². The highest BCUT2D eigenvalue weighted by molar-refractivity contribution is 5.35. The minimum absolute atomic E-state index is 0.131. The fourth-order valence-electron chi connectivity index (χ4n) is 2.59. The number of benzene rings is 2. The second-order valence-electron chi connectivity index (χ2n) is 5.39. The van der Waals surface area contributed by atoms with Crippen LogP contribution in [0.1, 0.15) is 28.3 Å². The fraction of sp³-hybridized carbons (Fsp3) is 0.294. The van der Waals surface area contributed by atoms with Gasteiger partial charge in [0.1, 0.15) is 0 Å². The zero-order chi connectivity index (χ0) is 15.4. The van der Waals surface area contributed by atoms with E-state index in [2.05, 4.69) is 37.4 Å². The summed E-state index contributed by atoms with van der Waals surface area (Å²) >= 11 is 0. The van der Waals surface area contributed by atoms with Crippen LogP contribution in [0.15, 0.2) is 42.5 Å². The zero-order valence-corrected chi connectivity index (χ0v) is 12.6. The standard InChI is InChI=1S/C17H20N2O2/c1-12-8-13(2)10-15(9-12)17(18-3)11-14-4-6-16(7-5-14)19(20)21/h4-10,17-18H,11H2,1-3H3. The quantitative estimate of drug-likeness (QED) is 0.672. The number of nitro groups is 1. The molecule has 0 spiro atoms. The number of rotatable bonds is 5. The van der Waals surface area contributed by atoms with Gasteiger partial charge in [-0.3, -0.25) is 10.1 Å². The second kappa shape index (κ2) is 6.50. The highest BCUT2D eigenvalue weighted by Gasteiger charge is 2.12. The predicted octanol–water partition coefficient (Wildman–Crippen LogP) is 3.71. The molecule has 0 aliphatic rings. The summed E-state index contributed by atoms with van der Waals surface area (Å²) in [4.78, 5) is 10.3. The summed E-state index contributed by atoms with van der Waals surface area (Å²) < 4.78 is 0.